The molecule has 0 atom stereocenters. The Labute approximate surface area is 125 Å². The number of alkyl halides is 9. The van der Waals surface area contributed by atoms with Crippen molar-refractivity contribution in [1.82, 2.24) is 10.2 Å². The molecule has 0 bridgehead atoms. The van der Waals surface area contributed by atoms with Crippen LogP contribution in [0.2, 0.25) is 0 Å². The molecule has 1 rings (SSSR count). The molecule has 1 aromatic rings. The molecule has 1 amide bonds. The molecule has 1 aromatic heterocycles. The van der Waals surface area contributed by atoms with Gasteiger partial charge in [0.15, 0.2) is 0 Å². The number of aromatic nitrogens is 2. The monoisotopic (exact) mass is 375 g/mol. The largest absolute Gasteiger partial charge is 0.460 e. The van der Waals surface area contributed by atoms with E-state index in [1.807, 2.05) is 0 Å². The first-order valence-corrected chi connectivity index (χ1v) is 6.34. The van der Waals surface area contributed by atoms with Crippen LogP contribution < -0.4 is 5.32 Å². The first-order valence-electron chi connectivity index (χ1n) is 5.52. The molecule has 0 aliphatic carbocycles. The van der Waals surface area contributed by atoms with E-state index in [1.54, 1.807) is 6.92 Å². The van der Waals surface area contributed by atoms with Gasteiger partial charge in [-0.3, -0.25) is 10.1 Å². The van der Waals surface area contributed by atoms with Crippen molar-refractivity contribution in [3.8, 4) is 0 Å². The van der Waals surface area contributed by atoms with Crippen LogP contribution in [0.5, 0.6) is 0 Å². The number of amides is 1. The number of carbonyl (C=O) groups excluding carboxylic acids is 1. The summed E-state index contributed by atoms with van der Waals surface area (Å²) in [6.45, 7) is 1.54. The summed E-state index contributed by atoms with van der Waals surface area (Å²) in [6.07, 6.45) is -6.76. The van der Waals surface area contributed by atoms with Crippen LogP contribution in [0.4, 0.5) is 44.6 Å². The minimum atomic E-state index is -7.13. The topological polar surface area (TPSA) is 54.9 Å². The summed E-state index contributed by atoms with van der Waals surface area (Å²) in [4.78, 5) is 11.0. The maximum atomic E-state index is 13.2. The van der Waals surface area contributed by atoms with Crippen molar-refractivity contribution in [1.29, 1.82) is 0 Å². The molecule has 0 aliphatic rings. The molecule has 1 heterocycles. The van der Waals surface area contributed by atoms with Gasteiger partial charge >= 0.3 is 29.9 Å². The fourth-order valence-electron chi connectivity index (χ4n) is 1.14. The van der Waals surface area contributed by atoms with Crippen molar-refractivity contribution in [2.75, 3.05) is 5.32 Å². The predicted octanol–water partition coefficient (Wildman–Crippen LogP) is 3.51. The number of hydrogen-bond donors (Lipinski definition) is 1. The van der Waals surface area contributed by atoms with Crippen LogP contribution in [0.1, 0.15) is 11.9 Å². The Bertz CT molecular complexity index is 583. The molecule has 23 heavy (non-hydrogen) atoms. The highest BCUT2D eigenvalue weighted by Gasteiger charge is 2.83. The molecule has 4 nitrogen and oxygen atoms in total. The fraction of sp³-hybridized carbons (Fsp3) is 0.667. The Balaban J connectivity index is 3.10. The van der Waals surface area contributed by atoms with Gasteiger partial charge < -0.3 is 0 Å². The number of aryl methyl sites for hydroxylation is 1. The molecule has 0 spiro atoms. The fourth-order valence-corrected chi connectivity index (χ4v) is 1.81. The number of halogens is 9. The number of carbonyl (C=O) groups is 1. The van der Waals surface area contributed by atoms with E-state index in [1.165, 1.54) is 0 Å². The Hall–Kier alpha value is -1.60. The first-order chi connectivity index (χ1) is 10.2. The van der Waals surface area contributed by atoms with Crippen LogP contribution in [0, 0.1) is 0 Å². The quantitative estimate of drug-likeness (QED) is 0.802. The normalized spacial score (nSPS) is 14.0. The maximum Gasteiger partial charge on any atom is 0.460 e. The van der Waals surface area contributed by atoms with E-state index in [2.05, 4.69) is 10.2 Å². The van der Waals surface area contributed by atoms with E-state index in [4.69, 9.17) is 0 Å². The second kappa shape index (κ2) is 5.79. The average Bonchev–Trinajstić information content (AvgIpc) is 2.84. The summed E-state index contributed by atoms with van der Waals surface area (Å²) in [5.74, 6) is -23.6. The lowest BCUT2D eigenvalue weighted by molar-refractivity contribution is -0.388. The van der Waals surface area contributed by atoms with E-state index in [0.29, 0.717) is 11.3 Å². The first kappa shape index (κ1) is 19.4. The van der Waals surface area contributed by atoms with Gasteiger partial charge in [-0.1, -0.05) is 18.3 Å². The zero-order valence-corrected chi connectivity index (χ0v) is 11.6. The smallest absolute Gasteiger partial charge is 0.295 e. The number of anilines is 1. The van der Waals surface area contributed by atoms with Crippen molar-refractivity contribution in [2.45, 2.75) is 37.3 Å². The van der Waals surface area contributed by atoms with Crippen molar-refractivity contribution in [3.05, 3.63) is 5.01 Å². The minimum absolute atomic E-state index is 0.177. The summed E-state index contributed by atoms with van der Waals surface area (Å²) < 4.78 is 113. The van der Waals surface area contributed by atoms with Gasteiger partial charge in [0.2, 0.25) is 5.13 Å². The van der Waals surface area contributed by atoms with E-state index >= 15 is 0 Å². The molecule has 1 N–H and O–H groups in total. The van der Waals surface area contributed by atoms with Gasteiger partial charge in [-0.2, -0.15) is 39.5 Å². The Morgan fingerprint density at radius 1 is 1.00 bits per heavy atom. The summed E-state index contributed by atoms with van der Waals surface area (Å²) in [5.41, 5.74) is 0. The summed E-state index contributed by atoms with van der Waals surface area (Å²) >= 11 is 0.459. The molecule has 0 radical (unpaired) electrons. The highest BCUT2D eigenvalue weighted by atomic mass is 32.1. The van der Waals surface area contributed by atoms with Gasteiger partial charge in [-0.25, -0.2) is 0 Å². The van der Waals surface area contributed by atoms with E-state index in [-0.39, 0.29) is 11.4 Å². The third kappa shape index (κ3) is 3.21. The van der Waals surface area contributed by atoms with Crippen molar-refractivity contribution in [3.63, 3.8) is 0 Å². The van der Waals surface area contributed by atoms with Gasteiger partial charge in [0, 0.05) is 0 Å². The lowest BCUT2D eigenvalue weighted by atomic mass is 10.0. The van der Waals surface area contributed by atoms with Gasteiger partial charge in [-0.15, -0.1) is 10.2 Å². The maximum absolute atomic E-state index is 13.2. The molecule has 14 heteroatoms. The molecular formula is C9H6F9N3OS. The number of nitrogens with zero attached hydrogens (tertiary/aromatic N) is 2. The Kier molecular flexibility index (Phi) is 4.90. The van der Waals surface area contributed by atoms with Gasteiger partial charge in [0.05, 0.1) is 0 Å². The second-order valence-corrected chi connectivity index (χ2v) is 5.09. The van der Waals surface area contributed by atoms with Crippen LogP contribution >= 0.6 is 11.3 Å². The number of hydrogen-bond acceptors (Lipinski definition) is 4. The highest BCUT2D eigenvalue weighted by molar-refractivity contribution is 7.15. The lowest BCUT2D eigenvalue weighted by Gasteiger charge is -2.32. The standard InChI is InChI=1S/C9H6F9N3OS/c1-2-3-20-21-5(23-3)19-4(22)6(10,11)7(12,13)8(14,15)9(16,17)18/h2H2,1H3,(H,19,21,22). The number of rotatable bonds is 5. The third-order valence-electron chi connectivity index (χ3n) is 2.42. The zero-order chi connectivity index (χ0) is 18.3. The van der Waals surface area contributed by atoms with Gasteiger partial charge in [0.1, 0.15) is 5.01 Å². The van der Waals surface area contributed by atoms with Crippen LogP contribution in [0.15, 0.2) is 0 Å². The molecule has 0 aliphatic heterocycles. The van der Waals surface area contributed by atoms with Gasteiger partial charge in [-0.05, 0) is 6.42 Å². The lowest BCUT2D eigenvalue weighted by Crippen LogP contribution is -2.64. The van der Waals surface area contributed by atoms with Crippen molar-refractivity contribution >= 4 is 22.4 Å². The van der Waals surface area contributed by atoms with E-state index < -0.39 is 35.0 Å². The molecule has 0 aromatic carbocycles. The van der Waals surface area contributed by atoms with Crippen LogP contribution in [-0.4, -0.2) is 40.0 Å². The molecule has 0 saturated carbocycles. The molecule has 132 valence electrons. The van der Waals surface area contributed by atoms with E-state index in [0.717, 1.165) is 5.32 Å². The van der Waals surface area contributed by atoms with Crippen LogP contribution in [0.25, 0.3) is 0 Å². The van der Waals surface area contributed by atoms with Crippen molar-refractivity contribution in [2.24, 2.45) is 0 Å². The van der Waals surface area contributed by atoms with Crippen molar-refractivity contribution < 1.29 is 44.3 Å². The summed E-state index contributed by atoms with van der Waals surface area (Å²) in [5, 5.41) is 6.86. The third-order valence-corrected chi connectivity index (χ3v) is 3.40. The Morgan fingerprint density at radius 2 is 1.52 bits per heavy atom. The molecule has 0 unspecified atom stereocenters. The minimum Gasteiger partial charge on any atom is -0.295 e. The van der Waals surface area contributed by atoms with E-state index in [9.17, 15) is 44.3 Å². The highest BCUT2D eigenvalue weighted by Crippen LogP contribution is 2.53. The summed E-state index contributed by atoms with van der Waals surface area (Å²) in [6, 6.07) is 0. The predicted molar refractivity (Wildman–Crippen MR) is 58.8 cm³/mol. The molecule has 0 fully saturated rings. The molecule has 0 saturated heterocycles. The average molecular weight is 375 g/mol. The zero-order valence-electron chi connectivity index (χ0n) is 10.8. The Morgan fingerprint density at radius 3 is 1.91 bits per heavy atom. The van der Waals surface area contributed by atoms with Gasteiger partial charge in [0.25, 0.3) is 0 Å². The van der Waals surface area contributed by atoms with Crippen LogP contribution in [-0.2, 0) is 11.2 Å². The number of nitrogens with one attached hydrogen (secondary N) is 1. The SMILES string of the molecule is CCc1nnc(NC(=O)C(F)(F)C(F)(F)C(F)(F)C(F)(F)F)s1. The molecular weight excluding hydrogens is 369 g/mol. The second-order valence-electron chi connectivity index (χ2n) is 4.03. The van der Waals surface area contributed by atoms with Crippen LogP contribution in [0.3, 0.4) is 0 Å². The summed E-state index contributed by atoms with van der Waals surface area (Å²) in [7, 11) is 0.